The second kappa shape index (κ2) is 8.27. The van der Waals surface area contributed by atoms with Crippen molar-refractivity contribution in [2.75, 3.05) is 0 Å². The number of nitrogens with one attached hydrogen (secondary N) is 2. The summed E-state index contributed by atoms with van der Waals surface area (Å²) in [6.45, 7) is 3.44. The van der Waals surface area contributed by atoms with Gasteiger partial charge < -0.3 is 4.57 Å². The van der Waals surface area contributed by atoms with Gasteiger partial charge in [-0.1, -0.05) is 36.4 Å². The summed E-state index contributed by atoms with van der Waals surface area (Å²) in [6.07, 6.45) is 1.53. The Morgan fingerprint density at radius 1 is 0.968 bits per heavy atom. The highest BCUT2D eigenvalue weighted by atomic mass is 16.2. The largest absolute Gasteiger partial charge is 0.318 e. The molecule has 0 aliphatic heterocycles. The van der Waals surface area contributed by atoms with Crippen molar-refractivity contribution in [3.63, 3.8) is 0 Å². The number of carbonyl (C=O) groups is 2. The molecule has 0 saturated carbocycles. The van der Waals surface area contributed by atoms with Crippen LogP contribution in [0.15, 0.2) is 71.7 Å². The Morgan fingerprint density at radius 3 is 2.45 bits per heavy atom. The van der Waals surface area contributed by atoms with Crippen molar-refractivity contribution in [1.29, 1.82) is 0 Å². The number of rotatable bonds is 4. The van der Waals surface area contributed by atoms with Gasteiger partial charge in [-0.25, -0.2) is 4.68 Å². The number of hydrogen-bond donors (Lipinski definition) is 2. The van der Waals surface area contributed by atoms with E-state index in [4.69, 9.17) is 0 Å². The van der Waals surface area contributed by atoms with E-state index in [-0.39, 0.29) is 12.1 Å². The van der Waals surface area contributed by atoms with Crippen molar-refractivity contribution < 1.29 is 9.59 Å². The topological polar surface area (TPSA) is 98.0 Å². The summed E-state index contributed by atoms with van der Waals surface area (Å²) in [6, 6.07) is 18.5. The first-order chi connectivity index (χ1) is 15.0. The minimum absolute atomic E-state index is 0.313. The van der Waals surface area contributed by atoms with Gasteiger partial charge in [0.2, 0.25) is 0 Å². The monoisotopic (exact) mass is 415 g/mol. The van der Waals surface area contributed by atoms with Crippen molar-refractivity contribution in [2.45, 2.75) is 20.4 Å². The number of hydrazine groups is 1. The van der Waals surface area contributed by atoms with Gasteiger partial charge in [0.1, 0.15) is 6.54 Å². The highest BCUT2D eigenvalue weighted by Crippen LogP contribution is 2.20. The molecular weight excluding hydrogens is 394 g/mol. The van der Waals surface area contributed by atoms with Crippen molar-refractivity contribution in [3.8, 4) is 5.69 Å². The molecule has 0 atom stereocenters. The molecular formula is C23H21N5O3. The standard InChI is InChI=1S/C23H21N5O3/c1-15-12-20(16(2)28(15)18-9-4-3-5-10-18)22(30)26-25-21(29)14-27-23(31)19-11-7-6-8-17(19)13-24-27/h3-13H,14H2,1-2H3,(H,25,29)(H,26,30). The van der Waals surface area contributed by atoms with E-state index in [2.05, 4.69) is 16.0 Å². The summed E-state index contributed by atoms with van der Waals surface area (Å²) in [5.74, 6) is -1.00. The first kappa shape index (κ1) is 20.1. The van der Waals surface area contributed by atoms with E-state index in [1.807, 2.05) is 54.8 Å². The Balaban J connectivity index is 1.45. The maximum absolute atomic E-state index is 12.6. The molecule has 156 valence electrons. The summed E-state index contributed by atoms with van der Waals surface area (Å²) in [7, 11) is 0. The number of para-hydroxylation sites is 1. The Labute approximate surface area is 178 Å². The maximum Gasteiger partial charge on any atom is 0.275 e. The first-order valence-electron chi connectivity index (χ1n) is 9.74. The summed E-state index contributed by atoms with van der Waals surface area (Å²) in [4.78, 5) is 37.4. The zero-order valence-corrected chi connectivity index (χ0v) is 17.1. The van der Waals surface area contributed by atoms with Crippen LogP contribution in [0.4, 0.5) is 0 Å². The van der Waals surface area contributed by atoms with Gasteiger partial charge in [0.15, 0.2) is 0 Å². The van der Waals surface area contributed by atoms with Crippen LogP contribution in [-0.2, 0) is 11.3 Å². The lowest BCUT2D eigenvalue weighted by atomic mass is 10.2. The molecule has 2 aromatic heterocycles. The molecule has 0 aliphatic carbocycles. The molecule has 2 heterocycles. The minimum atomic E-state index is -0.560. The van der Waals surface area contributed by atoms with Gasteiger partial charge in [-0.3, -0.25) is 25.2 Å². The number of nitrogens with zero attached hydrogens (tertiary/aromatic N) is 3. The van der Waals surface area contributed by atoms with Crippen LogP contribution in [0.3, 0.4) is 0 Å². The maximum atomic E-state index is 12.6. The summed E-state index contributed by atoms with van der Waals surface area (Å²) < 4.78 is 3.03. The first-order valence-corrected chi connectivity index (χ1v) is 9.74. The van der Waals surface area contributed by atoms with Crippen LogP contribution >= 0.6 is 0 Å². The average Bonchev–Trinajstić information content (AvgIpc) is 3.08. The second-order valence-corrected chi connectivity index (χ2v) is 7.15. The second-order valence-electron chi connectivity index (χ2n) is 7.15. The normalized spacial score (nSPS) is 10.8. The molecule has 0 bridgehead atoms. The van der Waals surface area contributed by atoms with Gasteiger partial charge in [-0.05, 0) is 38.1 Å². The molecule has 8 heteroatoms. The van der Waals surface area contributed by atoms with Gasteiger partial charge in [0.25, 0.3) is 17.4 Å². The Hall–Kier alpha value is -4.20. The molecule has 2 aromatic carbocycles. The number of benzene rings is 2. The van der Waals surface area contributed by atoms with E-state index in [0.29, 0.717) is 16.3 Å². The van der Waals surface area contributed by atoms with Crippen LogP contribution in [0.1, 0.15) is 21.7 Å². The van der Waals surface area contributed by atoms with Gasteiger partial charge in [0, 0.05) is 22.5 Å². The molecule has 4 rings (SSSR count). The molecule has 0 fully saturated rings. The van der Waals surface area contributed by atoms with Gasteiger partial charge in [-0.15, -0.1) is 0 Å². The Bertz CT molecular complexity index is 1340. The van der Waals surface area contributed by atoms with Crippen molar-refractivity contribution >= 4 is 22.6 Å². The Morgan fingerprint density at radius 2 is 1.68 bits per heavy atom. The van der Waals surface area contributed by atoms with Crippen molar-refractivity contribution in [3.05, 3.63) is 94.2 Å². The smallest absolute Gasteiger partial charge is 0.275 e. The SMILES string of the molecule is Cc1cc(C(=O)NNC(=O)Cn2ncc3ccccc3c2=O)c(C)n1-c1ccccc1. The van der Waals surface area contributed by atoms with Crippen molar-refractivity contribution in [2.24, 2.45) is 0 Å². The van der Waals surface area contributed by atoms with Crippen LogP contribution in [0.5, 0.6) is 0 Å². The van der Waals surface area contributed by atoms with E-state index in [1.165, 1.54) is 6.20 Å². The van der Waals surface area contributed by atoms with E-state index in [9.17, 15) is 14.4 Å². The van der Waals surface area contributed by atoms with Crippen LogP contribution in [0, 0.1) is 13.8 Å². The molecule has 0 spiro atoms. The number of aryl methyl sites for hydroxylation is 1. The number of hydrogen-bond acceptors (Lipinski definition) is 4. The third-order valence-electron chi connectivity index (χ3n) is 5.06. The van der Waals surface area contributed by atoms with Gasteiger partial charge in [-0.2, -0.15) is 5.10 Å². The van der Waals surface area contributed by atoms with Crippen LogP contribution in [0.2, 0.25) is 0 Å². The predicted molar refractivity (Wildman–Crippen MR) is 117 cm³/mol. The zero-order chi connectivity index (χ0) is 22.0. The molecule has 31 heavy (non-hydrogen) atoms. The molecule has 2 N–H and O–H groups in total. The summed E-state index contributed by atoms with van der Waals surface area (Å²) >= 11 is 0. The fourth-order valence-corrected chi connectivity index (χ4v) is 3.58. The van der Waals surface area contributed by atoms with Gasteiger partial charge in [0.05, 0.1) is 17.1 Å². The number of aromatic nitrogens is 3. The van der Waals surface area contributed by atoms with Crippen molar-refractivity contribution in [1.82, 2.24) is 25.2 Å². The zero-order valence-electron chi connectivity index (χ0n) is 17.1. The number of fused-ring (bicyclic) bond motifs is 1. The van der Waals surface area contributed by atoms with E-state index in [1.54, 1.807) is 24.3 Å². The fourth-order valence-electron chi connectivity index (χ4n) is 3.58. The highest BCUT2D eigenvalue weighted by Gasteiger charge is 2.17. The minimum Gasteiger partial charge on any atom is -0.318 e. The fraction of sp³-hybridized carbons (Fsp3) is 0.130. The lowest BCUT2D eigenvalue weighted by Gasteiger charge is -2.11. The van der Waals surface area contributed by atoms with Crippen LogP contribution in [-0.4, -0.2) is 26.2 Å². The third kappa shape index (κ3) is 3.95. The average molecular weight is 415 g/mol. The van der Waals surface area contributed by atoms with Gasteiger partial charge >= 0.3 is 0 Å². The quantitative estimate of drug-likeness (QED) is 0.500. The van der Waals surface area contributed by atoms with E-state index < -0.39 is 11.8 Å². The lowest BCUT2D eigenvalue weighted by Crippen LogP contribution is -2.44. The third-order valence-corrected chi connectivity index (χ3v) is 5.06. The number of carbonyl (C=O) groups excluding carboxylic acids is 2. The number of amides is 2. The molecule has 0 aliphatic rings. The van der Waals surface area contributed by atoms with Crippen LogP contribution < -0.4 is 16.4 Å². The van der Waals surface area contributed by atoms with E-state index >= 15 is 0 Å². The molecule has 8 nitrogen and oxygen atoms in total. The van der Waals surface area contributed by atoms with E-state index in [0.717, 1.165) is 21.8 Å². The molecule has 0 saturated heterocycles. The molecule has 0 unspecified atom stereocenters. The Kier molecular flexibility index (Phi) is 5.36. The molecule has 2 amide bonds. The lowest BCUT2D eigenvalue weighted by molar-refractivity contribution is -0.122. The predicted octanol–water partition coefficient (Wildman–Crippen LogP) is 2.27. The molecule has 0 radical (unpaired) electrons. The molecule has 4 aromatic rings. The van der Waals surface area contributed by atoms with Crippen LogP contribution in [0.25, 0.3) is 16.5 Å². The summed E-state index contributed by atoms with van der Waals surface area (Å²) in [5, 5.41) is 5.20. The highest BCUT2D eigenvalue weighted by molar-refractivity contribution is 5.97. The summed E-state index contributed by atoms with van der Waals surface area (Å²) in [5.41, 5.74) is 7.44.